The fourth-order valence-corrected chi connectivity index (χ4v) is 2.66. The van der Waals surface area contributed by atoms with Crippen LogP contribution in [0, 0.1) is 10.1 Å². The van der Waals surface area contributed by atoms with Gasteiger partial charge in [-0.15, -0.1) is 11.3 Å². The van der Waals surface area contributed by atoms with E-state index in [2.05, 4.69) is 5.32 Å². The minimum Gasteiger partial charge on any atom is -0.496 e. The summed E-state index contributed by atoms with van der Waals surface area (Å²) in [6, 6.07) is 7.88. The summed E-state index contributed by atoms with van der Waals surface area (Å²) in [5.41, 5.74) is -0.247. The second-order valence-electron chi connectivity index (χ2n) is 4.68. The van der Waals surface area contributed by atoms with Crippen LogP contribution in [0.2, 0.25) is 0 Å². The van der Waals surface area contributed by atoms with Gasteiger partial charge in [-0.25, -0.2) is 0 Å². The Labute approximate surface area is 137 Å². The Hall–Kier alpha value is -2.61. The maximum Gasteiger partial charge on any atom is 0.314 e. The molecular formula is C15H16N2O5S. The normalized spacial score (nSPS) is 11.6. The standard InChI is InChI=1S/C15H16N2O5S/c1-10(14-4-3-7-23-14)16-15(18)9-22-13-6-5-11(21-2)8-12(13)17(19)20/h3-8,10H,9H2,1-2H3,(H,16,18). The summed E-state index contributed by atoms with van der Waals surface area (Å²) in [5, 5.41) is 15.7. The fraction of sp³-hybridized carbons (Fsp3) is 0.267. The number of ether oxygens (including phenoxy) is 2. The molecule has 1 aromatic carbocycles. The first kappa shape index (κ1) is 16.8. The van der Waals surface area contributed by atoms with E-state index in [4.69, 9.17) is 9.47 Å². The number of nitrogens with zero attached hydrogens (tertiary/aromatic N) is 1. The lowest BCUT2D eigenvalue weighted by Gasteiger charge is -2.13. The van der Waals surface area contributed by atoms with Crippen LogP contribution in [0.5, 0.6) is 11.5 Å². The van der Waals surface area contributed by atoms with Gasteiger partial charge in [0.05, 0.1) is 24.1 Å². The molecule has 2 aromatic rings. The summed E-state index contributed by atoms with van der Waals surface area (Å²) < 4.78 is 10.2. The van der Waals surface area contributed by atoms with Gasteiger partial charge in [-0.05, 0) is 30.5 Å². The van der Waals surface area contributed by atoms with Crippen molar-refractivity contribution >= 4 is 22.9 Å². The Kier molecular flexibility index (Phi) is 5.53. The monoisotopic (exact) mass is 336 g/mol. The van der Waals surface area contributed by atoms with Crippen LogP contribution in [-0.2, 0) is 4.79 Å². The molecule has 1 unspecified atom stereocenters. The van der Waals surface area contributed by atoms with E-state index < -0.39 is 4.92 Å². The van der Waals surface area contributed by atoms with Gasteiger partial charge in [-0.3, -0.25) is 14.9 Å². The van der Waals surface area contributed by atoms with E-state index in [1.54, 1.807) is 0 Å². The molecule has 0 saturated carbocycles. The van der Waals surface area contributed by atoms with Crippen molar-refractivity contribution in [1.29, 1.82) is 0 Å². The van der Waals surface area contributed by atoms with Crippen molar-refractivity contribution in [3.05, 3.63) is 50.7 Å². The van der Waals surface area contributed by atoms with Crippen LogP contribution in [0.25, 0.3) is 0 Å². The number of benzene rings is 1. The average Bonchev–Trinajstić information content (AvgIpc) is 3.07. The Bertz CT molecular complexity index is 687. The quantitative estimate of drug-likeness (QED) is 0.620. The van der Waals surface area contributed by atoms with Crippen molar-refractivity contribution in [3.8, 4) is 11.5 Å². The molecule has 0 saturated heterocycles. The van der Waals surface area contributed by atoms with Crippen LogP contribution in [0.1, 0.15) is 17.8 Å². The van der Waals surface area contributed by atoms with Gasteiger partial charge in [0.15, 0.2) is 12.4 Å². The first-order chi connectivity index (χ1) is 11.0. The maximum atomic E-state index is 11.9. The van der Waals surface area contributed by atoms with E-state index in [-0.39, 0.29) is 30.0 Å². The van der Waals surface area contributed by atoms with Gasteiger partial charge in [-0.2, -0.15) is 0 Å². The molecule has 1 amide bonds. The van der Waals surface area contributed by atoms with E-state index in [0.29, 0.717) is 5.75 Å². The summed E-state index contributed by atoms with van der Waals surface area (Å²) in [6.07, 6.45) is 0. The molecule has 0 bridgehead atoms. The molecule has 0 aliphatic carbocycles. The molecule has 122 valence electrons. The number of rotatable bonds is 7. The molecule has 1 atom stereocenters. The third-order valence-electron chi connectivity index (χ3n) is 3.07. The highest BCUT2D eigenvalue weighted by molar-refractivity contribution is 7.10. The smallest absolute Gasteiger partial charge is 0.314 e. The number of nitro groups is 1. The van der Waals surface area contributed by atoms with Gasteiger partial charge in [0.2, 0.25) is 0 Å². The van der Waals surface area contributed by atoms with E-state index in [1.807, 2.05) is 24.4 Å². The Morgan fingerprint density at radius 1 is 1.43 bits per heavy atom. The molecule has 0 radical (unpaired) electrons. The zero-order valence-corrected chi connectivity index (χ0v) is 13.5. The summed E-state index contributed by atoms with van der Waals surface area (Å²) in [7, 11) is 1.42. The highest BCUT2D eigenvalue weighted by Gasteiger charge is 2.18. The number of nitrogens with one attached hydrogen (secondary N) is 1. The highest BCUT2D eigenvalue weighted by atomic mass is 32.1. The van der Waals surface area contributed by atoms with Crippen molar-refractivity contribution in [2.45, 2.75) is 13.0 Å². The second kappa shape index (κ2) is 7.59. The van der Waals surface area contributed by atoms with Crippen molar-refractivity contribution in [2.24, 2.45) is 0 Å². The number of amides is 1. The molecular weight excluding hydrogens is 320 g/mol. The van der Waals surface area contributed by atoms with E-state index in [9.17, 15) is 14.9 Å². The van der Waals surface area contributed by atoms with Crippen molar-refractivity contribution < 1.29 is 19.2 Å². The summed E-state index contributed by atoms with van der Waals surface area (Å²) >= 11 is 1.54. The van der Waals surface area contributed by atoms with E-state index in [1.165, 1.54) is 36.6 Å². The SMILES string of the molecule is COc1ccc(OCC(=O)NC(C)c2cccs2)c([N+](=O)[O-])c1. The summed E-state index contributed by atoms with van der Waals surface area (Å²) in [6.45, 7) is 1.56. The van der Waals surface area contributed by atoms with Crippen molar-refractivity contribution in [3.63, 3.8) is 0 Å². The zero-order chi connectivity index (χ0) is 16.8. The Morgan fingerprint density at radius 2 is 2.22 bits per heavy atom. The van der Waals surface area contributed by atoms with Crippen LogP contribution in [0.3, 0.4) is 0 Å². The van der Waals surface area contributed by atoms with Crippen LogP contribution < -0.4 is 14.8 Å². The number of carbonyl (C=O) groups excluding carboxylic acids is 1. The Balaban J connectivity index is 1.97. The first-order valence-electron chi connectivity index (χ1n) is 6.79. The third kappa shape index (κ3) is 4.43. The topological polar surface area (TPSA) is 90.7 Å². The van der Waals surface area contributed by atoms with Crippen molar-refractivity contribution in [2.75, 3.05) is 13.7 Å². The van der Waals surface area contributed by atoms with Gasteiger partial charge in [-0.1, -0.05) is 6.07 Å². The van der Waals surface area contributed by atoms with Gasteiger partial charge in [0.25, 0.3) is 5.91 Å². The molecule has 8 heteroatoms. The van der Waals surface area contributed by atoms with Gasteiger partial charge in [0, 0.05) is 4.88 Å². The lowest BCUT2D eigenvalue weighted by Crippen LogP contribution is -2.30. The molecule has 1 heterocycles. The number of thiophene rings is 1. The minimum atomic E-state index is -0.579. The highest BCUT2D eigenvalue weighted by Crippen LogP contribution is 2.31. The molecule has 2 rings (SSSR count). The van der Waals surface area contributed by atoms with E-state index >= 15 is 0 Å². The predicted octanol–water partition coefficient (Wildman–Crippen LogP) is 2.92. The minimum absolute atomic E-state index is 0.0229. The number of nitro benzene ring substituents is 1. The van der Waals surface area contributed by atoms with Crippen LogP contribution >= 0.6 is 11.3 Å². The zero-order valence-electron chi connectivity index (χ0n) is 12.6. The third-order valence-corrected chi connectivity index (χ3v) is 4.12. The molecule has 0 spiro atoms. The van der Waals surface area contributed by atoms with Gasteiger partial charge in [0.1, 0.15) is 5.75 Å². The molecule has 1 N–H and O–H groups in total. The number of carbonyl (C=O) groups is 1. The lowest BCUT2D eigenvalue weighted by atomic mass is 10.2. The molecule has 7 nitrogen and oxygen atoms in total. The van der Waals surface area contributed by atoms with Crippen LogP contribution in [0.4, 0.5) is 5.69 Å². The number of methoxy groups -OCH3 is 1. The summed E-state index contributed by atoms with van der Waals surface area (Å²) in [4.78, 5) is 23.4. The molecule has 0 fully saturated rings. The summed E-state index contributed by atoms with van der Waals surface area (Å²) in [5.74, 6) is 0.0190. The molecule has 0 aliphatic rings. The fourth-order valence-electron chi connectivity index (χ4n) is 1.92. The molecule has 1 aromatic heterocycles. The second-order valence-corrected chi connectivity index (χ2v) is 5.66. The van der Waals surface area contributed by atoms with E-state index in [0.717, 1.165) is 4.88 Å². The largest absolute Gasteiger partial charge is 0.496 e. The van der Waals surface area contributed by atoms with Gasteiger partial charge < -0.3 is 14.8 Å². The Morgan fingerprint density at radius 3 is 2.83 bits per heavy atom. The first-order valence-corrected chi connectivity index (χ1v) is 7.67. The number of hydrogen-bond acceptors (Lipinski definition) is 6. The van der Waals surface area contributed by atoms with Crippen LogP contribution in [0.15, 0.2) is 35.7 Å². The maximum absolute atomic E-state index is 11.9. The van der Waals surface area contributed by atoms with Crippen LogP contribution in [-0.4, -0.2) is 24.5 Å². The average molecular weight is 336 g/mol. The number of hydrogen-bond donors (Lipinski definition) is 1. The van der Waals surface area contributed by atoms with Gasteiger partial charge >= 0.3 is 5.69 Å². The molecule has 23 heavy (non-hydrogen) atoms. The lowest BCUT2D eigenvalue weighted by molar-refractivity contribution is -0.385. The van der Waals surface area contributed by atoms with Crippen molar-refractivity contribution in [1.82, 2.24) is 5.32 Å². The predicted molar refractivity (Wildman–Crippen MR) is 86.0 cm³/mol. The molecule has 0 aliphatic heterocycles.